The zero-order valence-corrected chi connectivity index (χ0v) is 17.7. The zero-order chi connectivity index (χ0) is 22.2. The van der Waals surface area contributed by atoms with E-state index in [0.29, 0.717) is 24.7 Å². The second-order valence-corrected chi connectivity index (χ2v) is 7.09. The number of carbonyl (C=O) groups is 1. The lowest BCUT2D eigenvalue weighted by atomic mass is 10.2. The standard InChI is InChI=1S/C25H24N4O3/c1-2-31-22-14-8-18(9-15-22)25-28-24(32-29-25)17-16-23(30)27-21-12-10-20(11-13-21)26-19-6-4-3-5-7-19/h3-15,26H,2,16-17H2,1H3,(H,27,30). The summed E-state index contributed by atoms with van der Waals surface area (Å²) in [5, 5.41) is 10.2. The molecular formula is C25H24N4O3. The van der Waals surface area contributed by atoms with Crippen molar-refractivity contribution in [2.45, 2.75) is 19.8 Å². The lowest BCUT2D eigenvalue weighted by Gasteiger charge is -2.08. The summed E-state index contributed by atoms with van der Waals surface area (Å²) < 4.78 is 10.7. The van der Waals surface area contributed by atoms with E-state index >= 15 is 0 Å². The van der Waals surface area contributed by atoms with Crippen LogP contribution in [0.4, 0.5) is 17.1 Å². The lowest BCUT2D eigenvalue weighted by molar-refractivity contribution is -0.116. The van der Waals surface area contributed by atoms with Crippen molar-refractivity contribution in [3.8, 4) is 17.1 Å². The predicted octanol–water partition coefficient (Wildman–Crippen LogP) is 5.45. The molecule has 0 atom stereocenters. The molecule has 1 heterocycles. The second-order valence-electron chi connectivity index (χ2n) is 7.09. The van der Waals surface area contributed by atoms with Gasteiger partial charge in [0.25, 0.3) is 0 Å². The van der Waals surface area contributed by atoms with E-state index in [1.54, 1.807) is 0 Å². The highest BCUT2D eigenvalue weighted by molar-refractivity contribution is 5.91. The molecule has 1 amide bonds. The maximum Gasteiger partial charge on any atom is 0.227 e. The molecule has 0 unspecified atom stereocenters. The van der Waals surface area contributed by atoms with Crippen LogP contribution in [-0.4, -0.2) is 22.7 Å². The molecule has 7 heteroatoms. The fourth-order valence-corrected chi connectivity index (χ4v) is 3.11. The molecule has 0 saturated heterocycles. The Bertz CT molecular complexity index is 1140. The minimum absolute atomic E-state index is 0.116. The average molecular weight is 428 g/mol. The van der Waals surface area contributed by atoms with Crippen molar-refractivity contribution in [2.24, 2.45) is 0 Å². The molecule has 0 aliphatic heterocycles. The number of para-hydroxylation sites is 1. The smallest absolute Gasteiger partial charge is 0.227 e. The van der Waals surface area contributed by atoms with E-state index in [9.17, 15) is 4.79 Å². The number of benzene rings is 3. The van der Waals surface area contributed by atoms with E-state index in [0.717, 1.165) is 28.4 Å². The van der Waals surface area contributed by atoms with Gasteiger partial charge in [-0.05, 0) is 67.6 Å². The zero-order valence-electron chi connectivity index (χ0n) is 17.7. The number of carbonyl (C=O) groups excluding carboxylic acids is 1. The Kier molecular flexibility index (Phi) is 6.77. The Labute approximate surface area is 186 Å². The molecule has 32 heavy (non-hydrogen) atoms. The number of ether oxygens (including phenoxy) is 1. The van der Waals surface area contributed by atoms with Crippen LogP contribution in [0.15, 0.2) is 83.4 Å². The number of anilines is 3. The summed E-state index contributed by atoms with van der Waals surface area (Å²) in [4.78, 5) is 16.7. The first-order chi connectivity index (χ1) is 15.7. The number of rotatable bonds is 9. The monoisotopic (exact) mass is 428 g/mol. The van der Waals surface area contributed by atoms with Crippen molar-refractivity contribution in [1.29, 1.82) is 0 Å². The maximum atomic E-state index is 12.3. The summed E-state index contributed by atoms with van der Waals surface area (Å²) in [6.45, 7) is 2.55. The molecule has 0 aliphatic carbocycles. The summed E-state index contributed by atoms with van der Waals surface area (Å²) in [6.07, 6.45) is 0.610. The van der Waals surface area contributed by atoms with Gasteiger partial charge in [-0.1, -0.05) is 23.4 Å². The van der Waals surface area contributed by atoms with E-state index in [1.165, 1.54) is 0 Å². The summed E-state index contributed by atoms with van der Waals surface area (Å²) >= 11 is 0. The molecule has 0 fully saturated rings. The fourth-order valence-electron chi connectivity index (χ4n) is 3.11. The van der Waals surface area contributed by atoms with Crippen LogP contribution < -0.4 is 15.4 Å². The number of aromatic nitrogens is 2. The predicted molar refractivity (Wildman–Crippen MR) is 124 cm³/mol. The average Bonchev–Trinajstić information content (AvgIpc) is 3.30. The molecule has 0 saturated carbocycles. The molecule has 2 N–H and O–H groups in total. The van der Waals surface area contributed by atoms with Crippen molar-refractivity contribution in [1.82, 2.24) is 10.1 Å². The first-order valence-electron chi connectivity index (χ1n) is 10.5. The van der Waals surface area contributed by atoms with Gasteiger partial charge >= 0.3 is 0 Å². The van der Waals surface area contributed by atoms with Crippen molar-refractivity contribution in [3.05, 3.63) is 84.8 Å². The summed E-state index contributed by atoms with van der Waals surface area (Å²) in [6, 6.07) is 25.0. The Morgan fingerprint density at radius 3 is 2.31 bits per heavy atom. The third kappa shape index (κ3) is 5.72. The largest absolute Gasteiger partial charge is 0.494 e. The number of aryl methyl sites for hydroxylation is 1. The van der Waals surface area contributed by atoms with Gasteiger partial charge in [0.2, 0.25) is 17.6 Å². The fraction of sp³-hybridized carbons (Fsp3) is 0.160. The quantitative estimate of drug-likeness (QED) is 0.368. The highest BCUT2D eigenvalue weighted by Crippen LogP contribution is 2.21. The molecule has 0 aliphatic rings. The Morgan fingerprint density at radius 2 is 1.59 bits per heavy atom. The number of amides is 1. The van der Waals surface area contributed by atoms with Gasteiger partial charge in [0.15, 0.2) is 0 Å². The van der Waals surface area contributed by atoms with Gasteiger partial charge in [-0.2, -0.15) is 4.98 Å². The van der Waals surface area contributed by atoms with Crippen LogP contribution in [0.5, 0.6) is 5.75 Å². The van der Waals surface area contributed by atoms with E-state index in [4.69, 9.17) is 9.26 Å². The van der Waals surface area contributed by atoms with Crippen LogP contribution in [-0.2, 0) is 11.2 Å². The summed E-state index contributed by atoms with van der Waals surface area (Å²) in [5.74, 6) is 1.59. The van der Waals surface area contributed by atoms with E-state index in [1.807, 2.05) is 85.8 Å². The van der Waals surface area contributed by atoms with Crippen molar-refractivity contribution < 1.29 is 14.1 Å². The van der Waals surface area contributed by atoms with Crippen LogP contribution in [0.1, 0.15) is 19.2 Å². The van der Waals surface area contributed by atoms with E-state index in [-0.39, 0.29) is 12.3 Å². The second kappa shape index (κ2) is 10.3. The number of hydrogen-bond acceptors (Lipinski definition) is 6. The van der Waals surface area contributed by atoms with Gasteiger partial charge < -0.3 is 19.9 Å². The molecule has 3 aromatic carbocycles. The summed E-state index contributed by atoms with van der Waals surface area (Å²) in [5.41, 5.74) is 3.52. The van der Waals surface area contributed by atoms with E-state index < -0.39 is 0 Å². The lowest BCUT2D eigenvalue weighted by Crippen LogP contribution is -2.12. The molecule has 162 valence electrons. The van der Waals surface area contributed by atoms with Crippen LogP contribution >= 0.6 is 0 Å². The first kappa shape index (κ1) is 21.1. The van der Waals surface area contributed by atoms with Crippen LogP contribution in [0.2, 0.25) is 0 Å². The Morgan fingerprint density at radius 1 is 0.906 bits per heavy atom. The molecule has 7 nitrogen and oxygen atoms in total. The minimum atomic E-state index is -0.116. The van der Waals surface area contributed by atoms with Gasteiger partial charge in [-0.3, -0.25) is 4.79 Å². The van der Waals surface area contributed by atoms with Gasteiger partial charge in [-0.25, -0.2) is 0 Å². The topological polar surface area (TPSA) is 89.3 Å². The summed E-state index contributed by atoms with van der Waals surface area (Å²) in [7, 11) is 0. The third-order valence-electron chi connectivity index (χ3n) is 4.69. The molecule has 1 aromatic heterocycles. The number of hydrogen-bond donors (Lipinski definition) is 2. The molecule has 0 radical (unpaired) electrons. The third-order valence-corrected chi connectivity index (χ3v) is 4.69. The highest BCUT2D eigenvalue weighted by Gasteiger charge is 2.11. The number of nitrogens with one attached hydrogen (secondary N) is 2. The molecule has 0 spiro atoms. The van der Waals surface area contributed by atoms with Crippen LogP contribution in [0, 0.1) is 0 Å². The first-order valence-corrected chi connectivity index (χ1v) is 10.5. The van der Waals surface area contributed by atoms with Gasteiger partial charge in [0.1, 0.15) is 5.75 Å². The van der Waals surface area contributed by atoms with Gasteiger partial charge in [0.05, 0.1) is 6.61 Å². The van der Waals surface area contributed by atoms with Crippen molar-refractivity contribution in [2.75, 3.05) is 17.2 Å². The Balaban J connectivity index is 1.27. The molecular weight excluding hydrogens is 404 g/mol. The maximum absolute atomic E-state index is 12.3. The van der Waals surface area contributed by atoms with Crippen LogP contribution in [0.25, 0.3) is 11.4 Å². The van der Waals surface area contributed by atoms with Crippen LogP contribution in [0.3, 0.4) is 0 Å². The molecule has 4 aromatic rings. The highest BCUT2D eigenvalue weighted by atomic mass is 16.5. The van der Waals surface area contributed by atoms with E-state index in [2.05, 4.69) is 20.8 Å². The Hall–Kier alpha value is -4.13. The normalized spacial score (nSPS) is 10.5. The van der Waals surface area contributed by atoms with Crippen molar-refractivity contribution in [3.63, 3.8) is 0 Å². The van der Waals surface area contributed by atoms with Gasteiger partial charge in [0, 0.05) is 35.5 Å². The van der Waals surface area contributed by atoms with Crippen molar-refractivity contribution >= 4 is 23.0 Å². The number of nitrogens with zero attached hydrogens (tertiary/aromatic N) is 2. The SMILES string of the molecule is CCOc1ccc(-c2noc(CCC(=O)Nc3ccc(Nc4ccccc4)cc3)n2)cc1. The molecule has 0 bridgehead atoms. The minimum Gasteiger partial charge on any atom is -0.494 e. The van der Waals surface area contributed by atoms with Gasteiger partial charge in [-0.15, -0.1) is 0 Å². The molecule has 4 rings (SSSR count).